The van der Waals surface area contributed by atoms with Gasteiger partial charge in [-0.25, -0.2) is 19.5 Å². The number of guanidine groups is 1. The Morgan fingerprint density at radius 2 is 2.28 bits per heavy atom. The van der Waals surface area contributed by atoms with Gasteiger partial charge >= 0.3 is 0 Å². The molecule has 0 aliphatic carbocycles. The first kappa shape index (κ1) is 12.8. The zero-order chi connectivity index (χ0) is 13.1. The van der Waals surface area contributed by atoms with Crippen molar-refractivity contribution in [1.29, 1.82) is 0 Å². The molecule has 0 N–H and O–H groups in total. The van der Waals surface area contributed by atoms with Crippen molar-refractivity contribution in [2.24, 2.45) is 5.10 Å². The molecule has 0 atom stereocenters. The molecule has 9 heteroatoms. The van der Waals surface area contributed by atoms with Crippen LogP contribution < -0.4 is 0 Å². The number of hydrogen-bond acceptors (Lipinski definition) is 3. The lowest BCUT2D eigenvalue weighted by molar-refractivity contribution is -0.486. The third kappa shape index (κ3) is 2.99. The highest BCUT2D eigenvalue weighted by Crippen LogP contribution is 2.16. The van der Waals surface area contributed by atoms with Crippen LogP contribution in [0, 0.1) is 10.1 Å². The van der Waals surface area contributed by atoms with Crippen LogP contribution in [0.25, 0.3) is 0 Å². The predicted octanol–water partition coefficient (Wildman–Crippen LogP) is 1.55. The second kappa shape index (κ2) is 5.36. The first-order valence-electron chi connectivity index (χ1n) is 5.08. The van der Waals surface area contributed by atoms with Gasteiger partial charge in [0.05, 0.1) is 6.54 Å². The molecule has 1 aromatic heterocycles. The fourth-order valence-electron chi connectivity index (χ4n) is 1.62. The van der Waals surface area contributed by atoms with Crippen LogP contribution in [-0.4, -0.2) is 38.4 Å². The van der Waals surface area contributed by atoms with E-state index in [1.807, 2.05) is 0 Å². The summed E-state index contributed by atoms with van der Waals surface area (Å²) in [5, 5.41) is 13.3. The Morgan fingerprint density at radius 1 is 1.50 bits per heavy atom. The van der Waals surface area contributed by atoms with Gasteiger partial charge in [-0.1, -0.05) is 17.7 Å². The number of hydrogen-bond donors (Lipinski definition) is 0. The molecule has 0 saturated carbocycles. The molecule has 2 rings (SSSR count). The fourth-order valence-corrected chi connectivity index (χ4v) is 1.94. The fraction of sp³-hybridized carbons (Fsp3) is 0.333. The standard InChI is InChI=1S/C9H9Cl2N5O2/c10-8-2-1-7(5-12-8)6-14-3-4-15(11)9(14)13-16(17)18/h1-2,5H,3-4,6H2/b13-9-. The van der Waals surface area contributed by atoms with Crippen molar-refractivity contribution >= 4 is 29.3 Å². The average Bonchev–Trinajstić information content (AvgIpc) is 2.64. The molecule has 1 aromatic rings. The highest BCUT2D eigenvalue weighted by molar-refractivity contribution is 6.29. The minimum absolute atomic E-state index is 0.136. The molecule has 0 unspecified atom stereocenters. The molecule has 7 nitrogen and oxygen atoms in total. The Labute approximate surface area is 113 Å². The summed E-state index contributed by atoms with van der Waals surface area (Å²) in [7, 11) is 0. The third-order valence-electron chi connectivity index (χ3n) is 2.40. The highest BCUT2D eigenvalue weighted by Gasteiger charge is 2.28. The maximum absolute atomic E-state index is 10.4. The van der Waals surface area contributed by atoms with Gasteiger partial charge in [-0.05, 0) is 11.6 Å². The van der Waals surface area contributed by atoms with Crippen LogP contribution in [0.2, 0.25) is 5.15 Å². The molecule has 2 heterocycles. The highest BCUT2D eigenvalue weighted by atomic mass is 35.5. The Morgan fingerprint density at radius 3 is 2.89 bits per heavy atom. The maximum Gasteiger partial charge on any atom is 0.289 e. The van der Waals surface area contributed by atoms with Gasteiger partial charge < -0.3 is 4.90 Å². The van der Waals surface area contributed by atoms with E-state index in [-0.39, 0.29) is 5.96 Å². The summed E-state index contributed by atoms with van der Waals surface area (Å²) in [6.45, 7) is 1.49. The smallest absolute Gasteiger partial charge is 0.289 e. The molecule has 0 bridgehead atoms. The van der Waals surface area contributed by atoms with E-state index in [0.29, 0.717) is 24.8 Å². The minimum Gasteiger partial charge on any atom is -0.330 e. The van der Waals surface area contributed by atoms with Crippen molar-refractivity contribution in [3.05, 3.63) is 39.2 Å². The number of nitrogens with zero attached hydrogens (tertiary/aromatic N) is 5. The summed E-state index contributed by atoms with van der Waals surface area (Å²) in [5.74, 6) is 0.136. The molecule has 96 valence electrons. The van der Waals surface area contributed by atoms with Gasteiger partial charge in [0.15, 0.2) is 5.03 Å². The average molecular weight is 290 g/mol. The van der Waals surface area contributed by atoms with Gasteiger partial charge in [0, 0.05) is 31.1 Å². The number of rotatable bonds is 3. The first-order chi connectivity index (χ1) is 8.56. The van der Waals surface area contributed by atoms with Crippen LogP contribution in [-0.2, 0) is 6.54 Å². The van der Waals surface area contributed by atoms with E-state index < -0.39 is 5.03 Å². The molecular formula is C9H9Cl2N5O2. The Bertz CT molecular complexity index is 478. The van der Waals surface area contributed by atoms with E-state index in [9.17, 15) is 10.1 Å². The van der Waals surface area contributed by atoms with Crippen LogP contribution in [0.1, 0.15) is 5.56 Å². The molecular weight excluding hydrogens is 281 g/mol. The minimum atomic E-state index is -0.761. The second-order valence-corrected chi connectivity index (χ2v) is 4.43. The van der Waals surface area contributed by atoms with E-state index in [1.165, 1.54) is 4.42 Å². The lowest BCUT2D eigenvalue weighted by Crippen LogP contribution is -2.29. The molecule has 1 aliphatic rings. The Kier molecular flexibility index (Phi) is 3.83. The topological polar surface area (TPSA) is 74.9 Å². The van der Waals surface area contributed by atoms with Crippen molar-refractivity contribution in [2.45, 2.75) is 6.54 Å². The molecule has 0 spiro atoms. The van der Waals surface area contributed by atoms with Crippen LogP contribution >= 0.6 is 23.4 Å². The third-order valence-corrected chi connectivity index (χ3v) is 2.94. The van der Waals surface area contributed by atoms with Crippen LogP contribution in [0.4, 0.5) is 0 Å². The number of halogens is 2. The molecule has 1 saturated heterocycles. The predicted molar refractivity (Wildman–Crippen MR) is 66.6 cm³/mol. The van der Waals surface area contributed by atoms with Gasteiger partial charge in [0.1, 0.15) is 10.3 Å². The van der Waals surface area contributed by atoms with Gasteiger partial charge in [-0.15, -0.1) is 0 Å². The molecule has 0 amide bonds. The molecule has 1 fully saturated rings. The zero-order valence-corrected chi connectivity index (χ0v) is 10.7. The largest absolute Gasteiger partial charge is 0.330 e. The van der Waals surface area contributed by atoms with Crippen molar-refractivity contribution in [3.8, 4) is 0 Å². The number of aromatic nitrogens is 1. The molecule has 0 aromatic carbocycles. The van der Waals surface area contributed by atoms with E-state index in [1.54, 1.807) is 23.2 Å². The van der Waals surface area contributed by atoms with Gasteiger partial charge in [-0.2, -0.15) is 0 Å². The lowest BCUT2D eigenvalue weighted by Gasteiger charge is -2.16. The number of nitro groups is 1. The lowest BCUT2D eigenvalue weighted by atomic mass is 10.3. The SMILES string of the molecule is O=[N+]([O-])/N=C1\N(Cl)CCN1Cc1ccc(Cl)nc1. The second-order valence-electron chi connectivity index (χ2n) is 3.63. The van der Waals surface area contributed by atoms with Crippen molar-refractivity contribution in [1.82, 2.24) is 14.3 Å². The molecule has 18 heavy (non-hydrogen) atoms. The van der Waals surface area contributed by atoms with E-state index in [2.05, 4.69) is 10.1 Å². The van der Waals surface area contributed by atoms with Crippen LogP contribution in [0.3, 0.4) is 0 Å². The number of pyridine rings is 1. The van der Waals surface area contributed by atoms with E-state index >= 15 is 0 Å². The molecule has 0 radical (unpaired) electrons. The summed E-state index contributed by atoms with van der Waals surface area (Å²) in [6, 6.07) is 3.46. The zero-order valence-electron chi connectivity index (χ0n) is 9.16. The van der Waals surface area contributed by atoms with Crippen molar-refractivity contribution in [3.63, 3.8) is 0 Å². The summed E-state index contributed by atoms with van der Waals surface area (Å²) in [6.07, 6.45) is 1.61. The Balaban J connectivity index is 2.13. The monoisotopic (exact) mass is 289 g/mol. The van der Waals surface area contributed by atoms with Crippen molar-refractivity contribution < 1.29 is 5.03 Å². The first-order valence-corrected chi connectivity index (χ1v) is 5.79. The number of hydrazone groups is 1. The van der Waals surface area contributed by atoms with Gasteiger partial charge in [0.2, 0.25) is 0 Å². The molecule has 1 aliphatic heterocycles. The normalized spacial score (nSPS) is 17.6. The maximum atomic E-state index is 10.4. The van der Waals surface area contributed by atoms with Crippen LogP contribution in [0.15, 0.2) is 23.4 Å². The summed E-state index contributed by atoms with van der Waals surface area (Å²) in [5.41, 5.74) is 0.877. The van der Waals surface area contributed by atoms with Gasteiger partial charge in [-0.3, -0.25) is 0 Å². The summed E-state index contributed by atoms with van der Waals surface area (Å²) >= 11 is 11.5. The van der Waals surface area contributed by atoms with Gasteiger partial charge in [0.25, 0.3) is 5.96 Å². The summed E-state index contributed by atoms with van der Waals surface area (Å²) < 4.78 is 1.23. The van der Waals surface area contributed by atoms with Crippen molar-refractivity contribution in [2.75, 3.05) is 13.1 Å². The quantitative estimate of drug-likeness (QED) is 0.365. The summed E-state index contributed by atoms with van der Waals surface area (Å²) in [4.78, 5) is 16.1. The van der Waals surface area contributed by atoms with E-state index in [0.717, 1.165) is 5.56 Å². The Hall–Kier alpha value is -1.60. The van der Waals surface area contributed by atoms with Crippen LogP contribution in [0.5, 0.6) is 0 Å². The van der Waals surface area contributed by atoms with E-state index in [4.69, 9.17) is 23.4 Å².